The summed E-state index contributed by atoms with van der Waals surface area (Å²) in [5.74, 6) is 1.23. The van der Waals surface area contributed by atoms with Gasteiger partial charge in [-0.25, -0.2) is 0 Å². The average molecular weight is 208 g/mol. The highest BCUT2D eigenvalue weighted by Crippen LogP contribution is 2.24. The highest BCUT2D eigenvalue weighted by atomic mass is 16.5. The number of rotatable bonds is 4. The van der Waals surface area contributed by atoms with Crippen LogP contribution in [-0.2, 0) is 0 Å². The predicted octanol–water partition coefficient (Wildman–Crippen LogP) is 1.35. The molecule has 1 aromatic heterocycles. The standard InChI is InChI=1S/C11H16N2O2/c1-2-14-10-4-3-5-11(13-10)15-9-6-8(12)7-9/h3-5,8-9H,2,6-7,12H2,1H3. The van der Waals surface area contributed by atoms with Gasteiger partial charge in [0.25, 0.3) is 0 Å². The second-order valence-electron chi connectivity index (χ2n) is 3.72. The van der Waals surface area contributed by atoms with Crippen molar-refractivity contribution in [3.8, 4) is 11.8 Å². The van der Waals surface area contributed by atoms with E-state index < -0.39 is 0 Å². The van der Waals surface area contributed by atoms with Crippen LogP contribution >= 0.6 is 0 Å². The number of nitrogens with zero attached hydrogens (tertiary/aromatic N) is 1. The fraction of sp³-hybridized carbons (Fsp3) is 0.545. The first-order valence-electron chi connectivity index (χ1n) is 5.30. The summed E-state index contributed by atoms with van der Waals surface area (Å²) in [6.45, 7) is 2.55. The van der Waals surface area contributed by atoms with Gasteiger partial charge in [-0.2, -0.15) is 4.98 Å². The number of nitrogens with two attached hydrogens (primary N) is 1. The van der Waals surface area contributed by atoms with Crippen molar-refractivity contribution in [2.24, 2.45) is 5.73 Å². The summed E-state index contributed by atoms with van der Waals surface area (Å²) in [6, 6.07) is 5.84. The maximum atomic E-state index is 5.68. The van der Waals surface area contributed by atoms with Gasteiger partial charge in [-0.3, -0.25) is 0 Å². The van der Waals surface area contributed by atoms with Gasteiger partial charge < -0.3 is 15.2 Å². The van der Waals surface area contributed by atoms with Gasteiger partial charge >= 0.3 is 0 Å². The van der Waals surface area contributed by atoms with Crippen LogP contribution in [-0.4, -0.2) is 23.7 Å². The van der Waals surface area contributed by atoms with Crippen molar-refractivity contribution in [3.05, 3.63) is 18.2 Å². The Morgan fingerprint density at radius 3 is 2.80 bits per heavy atom. The maximum Gasteiger partial charge on any atom is 0.216 e. The summed E-state index contributed by atoms with van der Waals surface area (Å²) in [7, 11) is 0. The molecule has 1 heterocycles. The molecule has 4 nitrogen and oxygen atoms in total. The largest absolute Gasteiger partial charge is 0.478 e. The SMILES string of the molecule is CCOc1cccc(OC2CC(N)C2)n1. The summed E-state index contributed by atoms with van der Waals surface area (Å²) in [6.07, 6.45) is 2.06. The van der Waals surface area contributed by atoms with E-state index in [-0.39, 0.29) is 6.10 Å². The molecule has 0 aliphatic heterocycles. The van der Waals surface area contributed by atoms with Gasteiger partial charge in [-0.15, -0.1) is 0 Å². The molecule has 1 fully saturated rings. The van der Waals surface area contributed by atoms with Crippen LogP contribution in [0.2, 0.25) is 0 Å². The lowest BCUT2D eigenvalue weighted by Gasteiger charge is -2.32. The molecule has 15 heavy (non-hydrogen) atoms. The van der Waals surface area contributed by atoms with Crippen LogP contribution in [0.5, 0.6) is 11.8 Å². The van der Waals surface area contributed by atoms with Crippen molar-refractivity contribution >= 4 is 0 Å². The molecule has 82 valence electrons. The lowest BCUT2D eigenvalue weighted by atomic mass is 9.90. The van der Waals surface area contributed by atoms with Gasteiger partial charge in [0.2, 0.25) is 11.8 Å². The second-order valence-corrected chi connectivity index (χ2v) is 3.72. The molecule has 0 atom stereocenters. The number of aromatic nitrogens is 1. The fourth-order valence-corrected chi connectivity index (χ4v) is 1.56. The van der Waals surface area contributed by atoms with E-state index in [0.717, 1.165) is 12.8 Å². The highest BCUT2D eigenvalue weighted by molar-refractivity contribution is 5.20. The summed E-state index contributed by atoms with van der Waals surface area (Å²) in [4.78, 5) is 4.22. The van der Waals surface area contributed by atoms with E-state index >= 15 is 0 Å². The van der Waals surface area contributed by atoms with Crippen LogP contribution in [0.1, 0.15) is 19.8 Å². The monoisotopic (exact) mass is 208 g/mol. The zero-order chi connectivity index (χ0) is 10.7. The van der Waals surface area contributed by atoms with Gasteiger partial charge in [-0.05, 0) is 19.8 Å². The molecule has 1 aromatic rings. The Balaban J connectivity index is 1.93. The molecule has 0 amide bonds. The van der Waals surface area contributed by atoms with Gasteiger partial charge in [0.15, 0.2) is 0 Å². The third-order valence-corrected chi connectivity index (χ3v) is 2.41. The molecule has 0 unspecified atom stereocenters. The summed E-state index contributed by atoms with van der Waals surface area (Å²) in [5.41, 5.74) is 5.68. The van der Waals surface area contributed by atoms with Crippen molar-refractivity contribution in [1.29, 1.82) is 0 Å². The molecular formula is C11H16N2O2. The molecule has 4 heteroatoms. The molecule has 0 radical (unpaired) electrons. The first-order chi connectivity index (χ1) is 7.28. The van der Waals surface area contributed by atoms with Crippen LogP contribution in [0, 0.1) is 0 Å². The molecule has 1 aliphatic carbocycles. The van der Waals surface area contributed by atoms with E-state index in [1.165, 1.54) is 0 Å². The van der Waals surface area contributed by atoms with Gasteiger partial charge in [0.1, 0.15) is 6.10 Å². The van der Waals surface area contributed by atoms with E-state index in [1.54, 1.807) is 0 Å². The summed E-state index contributed by atoms with van der Waals surface area (Å²) >= 11 is 0. The van der Waals surface area contributed by atoms with Gasteiger partial charge in [0.05, 0.1) is 6.61 Å². The Morgan fingerprint density at radius 1 is 1.40 bits per heavy atom. The topological polar surface area (TPSA) is 57.4 Å². The third kappa shape index (κ3) is 2.59. The predicted molar refractivity (Wildman–Crippen MR) is 57.0 cm³/mol. The lowest BCUT2D eigenvalue weighted by molar-refractivity contribution is 0.0949. The normalized spacial score (nSPS) is 24.4. The van der Waals surface area contributed by atoms with E-state index in [0.29, 0.717) is 24.4 Å². The van der Waals surface area contributed by atoms with Gasteiger partial charge in [0, 0.05) is 18.2 Å². The van der Waals surface area contributed by atoms with Crippen LogP contribution < -0.4 is 15.2 Å². The Hall–Kier alpha value is -1.29. The molecule has 2 N–H and O–H groups in total. The minimum absolute atomic E-state index is 0.226. The summed E-state index contributed by atoms with van der Waals surface area (Å²) < 4.78 is 10.9. The summed E-state index contributed by atoms with van der Waals surface area (Å²) in [5, 5.41) is 0. The van der Waals surface area contributed by atoms with Crippen molar-refractivity contribution in [2.45, 2.75) is 31.9 Å². The third-order valence-electron chi connectivity index (χ3n) is 2.41. The maximum absolute atomic E-state index is 5.68. The zero-order valence-electron chi connectivity index (χ0n) is 8.85. The zero-order valence-corrected chi connectivity index (χ0v) is 8.85. The quantitative estimate of drug-likeness (QED) is 0.811. The smallest absolute Gasteiger partial charge is 0.216 e. The van der Waals surface area contributed by atoms with Crippen molar-refractivity contribution in [1.82, 2.24) is 4.98 Å². The minimum atomic E-state index is 0.226. The molecule has 0 bridgehead atoms. The van der Waals surface area contributed by atoms with Gasteiger partial charge in [-0.1, -0.05) is 6.07 Å². The Kier molecular flexibility index (Phi) is 3.06. The number of pyridine rings is 1. The Morgan fingerprint density at radius 2 is 2.13 bits per heavy atom. The van der Waals surface area contributed by atoms with Crippen LogP contribution in [0.4, 0.5) is 0 Å². The van der Waals surface area contributed by atoms with Crippen LogP contribution in [0.3, 0.4) is 0 Å². The molecule has 0 aromatic carbocycles. The van der Waals surface area contributed by atoms with E-state index in [2.05, 4.69) is 4.98 Å². The molecule has 0 saturated heterocycles. The highest BCUT2D eigenvalue weighted by Gasteiger charge is 2.27. The first-order valence-corrected chi connectivity index (χ1v) is 5.30. The average Bonchev–Trinajstić information content (AvgIpc) is 2.17. The first kappa shape index (κ1) is 10.2. The molecule has 2 rings (SSSR count). The van der Waals surface area contributed by atoms with Crippen LogP contribution in [0.25, 0.3) is 0 Å². The van der Waals surface area contributed by atoms with E-state index in [4.69, 9.17) is 15.2 Å². The number of hydrogen-bond acceptors (Lipinski definition) is 4. The minimum Gasteiger partial charge on any atom is -0.478 e. The Bertz CT molecular complexity index is 324. The lowest BCUT2D eigenvalue weighted by Crippen LogP contribution is -2.43. The van der Waals surface area contributed by atoms with E-state index in [1.807, 2.05) is 25.1 Å². The fourth-order valence-electron chi connectivity index (χ4n) is 1.56. The van der Waals surface area contributed by atoms with E-state index in [9.17, 15) is 0 Å². The van der Waals surface area contributed by atoms with Crippen LogP contribution in [0.15, 0.2) is 18.2 Å². The molecule has 1 aliphatic rings. The molecule has 1 saturated carbocycles. The molecular weight excluding hydrogens is 192 g/mol. The Labute approximate surface area is 89.4 Å². The molecule has 0 spiro atoms. The second kappa shape index (κ2) is 4.49. The van der Waals surface area contributed by atoms with Crippen molar-refractivity contribution < 1.29 is 9.47 Å². The van der Waals surface area contributed by atoms with Crippen molar-refractivity contribution in [3.63, 3.8) is 0 Å². The number of hydrogen-bond donors (Lipinski definition) is 1. The number of ether oxygens (including phenoxy) is 2. The van der Waals surface area contributed by atoms with Crippen molar-refractivity contribution in [2.75, 3.05) is 6.61 Å².